The molecular formula is C11H13ClFN. The van der Waals surface area contributed by atoms with Gasteiger partial charge >= 0.3 is 0 Å². The Labute approximate surface area is 88.8 Å². The summed E-state index contributed by atoms with van der Waals surface area (Å²) in [5.41, 5.74) is 1.75. The lowest BCUT2D eigenvalue weighted by molar-refractivity contribution is 0.627. The molecule has 0 heterocycles. The Kier molecular flexibility index (Phi) is 3.96. The molecule has 0 N–H and O–H groups in total. The minimum absolute atomic E-state index is 0.231. The fourth-order valence-electron chi connectivity index (χ4n) is 1.18. The summed E-state index contributed by atoms with van der Waals surface area (Å²) < 4.78 is 12.9. The Balaban J connectivity index is 2.69. The second kappa shape index (κ2) is 5.01. The van der Waals surface area contributed by atoms with Crippen molar-refractivity contribution < 1.29 is 4.39 Å². The average molecular weight is 214 g/mol. The SMILES string of the molecule is C=C(CCl)CN(C)c1cccc(F)c1. The summed E-state index contributed by atoms with van der Waals surface area (Å²) in [4.78, 5) is 1.91. The van der Waals surface area contributed by atoms with Crippen LogP contribution in [0.25, 0.3) is 0 Å². The molecule has 0 aliphatic heterocycles. The van der Waals surface area contributed by atoms with Gasteiger partial charge in [0.25, 0.3) is 0 Å². The molecule has 0 atom stereocenters. The van der Waals surface area contributed by atoms with E-state index in [1.165, 1.54) is 12.1 Å². The normalized spacial score (nSPS) is 9.93. The third-order valence-electron chi connectivity index (χ3n) is 1.90. The van der Waals surface area contributed by atoms with Gasteiger partial charge in [-0.2, -0.15) is 0 Å². The highest BCUT2D eigenvalue weighted by molar-refractivity contribution is 6.19. The van der Waals surface area contributed by atoms with Crippen LogP contribution in [0.4, 0.5) is 10.1 Å². The maximum absolute atomic E-state index is 12.9. The molecule has 0 radical (unpaired) electrons. The number of hydrogen-bond donors (Lipinski definition) is 0. The van der Waals surface area contributed by atoms with Gasteiger partial charge < -0.3 is 4.90 Å². The predicted molar refractivity (Wildman–Crippen MR) is 59.5 cm³/mol. The first-order chi connectivity index (χ1) is 6.63. The first kappa shape index (κ1) is 11.1. The van der Waals surface area contributed by atoms with Gasteiger partial charge in [0.05, 0.1) is 0 Å². The van der Waals surface area contributed by atoms with E-state index in [9.17, 15) is 4.39 Å². The zero-order valence-corrected chi connectivity index (χ0v) is 8.89. The fraction of sp³-hybridized carbons (Fsp3) is 0.273. The Bertz CT molecular complexity index is 325. The predicted octanol–water partition coefficient (Wildman–Crippen LogP) is 3.06. The van der Waals surface area contributed by atoms with Crippen LogP contribution in [0, 0.1) is 5.82 Å². The highest BCUT2D eigenvalue weighted by Gasteiger charge is 2.02. The standard InChI is InChI=1S/C11H13ClFN/c1-9(7-12)8-14(2)11-5-3-4-10(13)6-11/h3-6H,1,7-8H2,2H3. The van der Waals surface area contributed by atoms with Gasteiger partial charge in [0, 0.05) is 25.2 Å². The van der Waals surface area contributed by atoms with Gasteiger partial charge in [-0.3, -0.25) is 0 Å². The summed E-state index contributed by atoms with van der Waals surface area (Å²) in [5.74, 6) is 0.200. The molecule has 76 valence electrons. The van der Waals surface area contributed by atoms with E-state index in [1.54, 1.807) is 6.07 Å². The Hall–Kier alpha value is -1.02. The second-order valence-electron chi connectivity index (χ2n) is 3.22. The molecule has 0 aliphatic carbocycles. The van der Waals surface area contributed by atoms with E-state index in [1.807, 2.05) is 18.0 Å². The third kappa shape index (κ3) is 3.04. The Morgan fingerprint density at radius 3 is 2.86 bits per heavy atom. The van der Waals surface area contributed by atoms with E-state index in [0.29, 0.717) is 12.4 Å². The summed E-state index contributed by atoms with van der Waals surface area (Å²) in [6.07, 6.45) is 0. The van der Waals surface area contributed by atoms with Gasteiger partial charge in [-0.1, -0.05) is 12.6 Å². The van der Waals surface area contributed by atoms with Crippen LogP contribution in [0.1, 0.15) is 0 Å². The first-order valence-electron chi connectivity index (χ1n) is 4.33. The number of hydrogen-bond acceptors (Lipinski definition) is 1. The number of halogens is 2. The van der Waals surface area contributed by atoms with Crippen molar-refractivity contribution in [3.05, 3.63) is 42.2 Å². The zero-order chi connectivity index (χ0) is 10.6. The fourth-order valence-corrected chi connectivity index (χ4v) is 1.27. The van der Waals surface area contributed by atoms with Gasteiger partial charge in [-0.25, -0.2) is 4.39 Å². The summed E-state index contributed by atoms with van der Waals surface area (Å²) in [7, 11) is 1.88. The minimum Gasteiger partial charge on any atom is -0.370 e. The molecule has 1 rings (SSSR count). The molecule has 3 heteroatoms. The van der Waals surface area contributed by atoms with Gasteiger partial charge in [0.2, 0.25) is 0 Å². The van der Waals surface area contributed by atoms with Crippen LogP contribution in [0.2, 0.25) is 0 Å². The van der Waals surface area contributed by atoms with Gasteiger partial charge in [0.15, 0.2) is 0 Å². The van der Waals surface area contributed by atoms with Crippen molar-refractivity contribution in [1.29, 1.82) is 0 Å². The third-order valence-corrected chi connectivity index (χ3v) is 2.28. The molecule has 0 aromatic heterocycles. The molecule has 0 amide bonds. The van der Waals surface area contributed by atoms with Crippen molar-refractivity contribution in [2.24, 2.45) is 0 Å². The minimum atomic E-state index is -0.231. The summed E-state index contributed by atoms with van der Waals surface area (Å²) in [6.45, 7) is 4.44. The topological polar surface area (TPSA) is 3.24 Å². The largest absolute Gasteiger partial charge is 0.370 e. The summed E-state index contributed by atoms with van der Waals surface area (Å²) >= 11 is 5.61. The maximum Gasteiger partial charge on any atom is 0.125 e. The second-order valence-corrected chi connectivity index (χ2v) is 3.49. The van der Waals surface area contributed by atoms with Crippen molar-refractivity contribution in [1.82, 2.24) is 0 Å². The molecule has 0 fully saturated rings. The van der Waals surface area contributed by atoms with E-state index >= 15 is 0 Å². The molecular weight excluding hydrogens is 201 g/mol. The monoisotopic (exact) mass is 213 g/mol. The van der Waals surface area contributed by atoms with E-state index in [-0.39, 0.29) is 5.82 Å². The highest BCUT2D eigenvalue weighted by atomic mass is 35.5. The lowest BCUT2D eigenvalue weighted by atomic mass is 10.2. The number of likely N-dealkylation sites (N-methyl/N-ethyl adjacent to an activating group) is 1. The van der Waals surface area contributed by atoms with Crippen LogP contribution in [0.15, 0.2) is 36.4 Å². The number of rotatable bonds is 4. The van der Waals surface area contributed by atoms with Crippen molar-refractivity contribution in [3.8, 4) is 0 Å². The molecule has 1 nitrogen and oxygen atoms in total. The Morgan fingerprint density at radius 1 is 1.57 bits per heavy atom. The molecule has 1 aromatic carbocycles. The van der Waals surface area contributed by atoms with E-state index in [0.717, 1.165) is 11.3 Å². The summed E-state index contributed by atoms with van der Waals surface area (Å²) in [5, 5.41) is 0. The average Bonchev–Trinajstić information content (AvgIpc) is 2.17. The van der Waals surface area contributed by atoms with Gasteiger partial charge in [-0.05, 0) is 23.8 Å². The van der Waals surface area contributed by atoms with Crippen LogP contribution < -0.4 is 4.90 Å². The van der Waals surface area contributed by atoms with Crippen molar-refractivity contribution in [2.75, 3.05) is 24.4 Å². The van der Waals surface area contributed by atoms with E-state index in [2.05, 4.69) is 6.58 Å². The number of benzene rings is 1. The molecule has 0 saturated carbocycles. The molecule has 0 saturated heterocycles. The van der Waals surface area contributed by atoms with Crippen LogP contribution in [-0.4, -0.2) is 19.5 Å². The van der Waals surface area contributed by atoms with Gasteiger partial charge in [0.1, 0.15) is 5.82 Å². The lowest BCUT2D eigenvalue weighted by Gasteiger charge is -2.19. The summed E-state index contributed by atoms with van der Waals surface area (Å²) in [6, 6.07) is 6.45. The smallest absolute Gasteiger partial charge is 0.125 e. The first-order valence-corrected chi connectivity index (χ1v) is 4.86. The van der Waals surface area contributed by atoms with E-state index < -0.39 is 0 Å². The van der Waals surface area contributed by atoms with Crippen molar-refractivity contribution >= 4 is 17.3 Å². The van der Waals surface area contributed by atoms with Crippen LogP contribution in [0.5, 0.6) is 0 Å². The van der Waals surface area contributed by atoms with Crippen LogP contribution >= 0.6 is 11.6 Å². The van der Waals surface area contributed by atoms with E-state index in [4.69, 9.17) is 11.6 Å². The molecule has 14 heavy (non-hydrogen) atoms. The molecule has 0 unspecified atom stereocenters. The number of anilines is 1. The highest BCUT2D eigenvalue weighted by Crippen LogP contribution is 2.14. The van der Waals surface area contributed by atoms with Crippen LogP contribution in [0.3, 0.4) is 0 Å². The number of alkyl halides is 1. The van der Waals surface area contributed by atoms with Crippen molar-refractivity contribution in [2.45, 2.75) is 0 Å². The van der Waals surface area contributed by atoms with Gasteiger partial charge in [-0.15, -0.1) is 11.6 Å². The molecule has 0 aliphatic rings. The van der Waals surface area contributed by atoms with Crippen LogP contribution in [-0.2, 0) is 0 Å². The molecule has 0 spiro atoms. The maximum atomic E-state index is 12.9. The quantitative estimate of drug-likeness (QED) is 0.549. The zero-order valence-electron chi connectivity index (χ0n) is 8.13. The molecule has 0 bridgehead atoms. The van der Waals surface area contributed by atoms with Crippen molar-refractivity contribution in [3.63, 3.8) is 0 Å². The molecule has 1 aromatic rings. The lowest BCUT2D eigenvalue weighted by Crippen LogP contribution is -2.20. The Morgan fingerprint density at radius 2 is 2.29 bits per heavy atom. The number of nitrogens with zero attached hydrogens (tertiary/aromatic N) is 1.